The predicted molar refractivity (Wildman–Crippen MR) is 145 cm³/mol. The molecule has 2 aromatic rings. The number of rotatable bonds is 6. The molecular weight excluding hydrogens is 448 g/mol. The number of likely N-dealkylation sites (tertiary alicyclic amines) is 1. The van der Waals surface area contributed by atoms with E-state index < -0.39 is 0 Å². The molecule has 1 fully saturated rings. The van der Waals surface area contributed by atoms with Crippen LogP contribution in [0.3, 0.4) is 0 Å². The lowest BCUT2D eigenvalue weighted by molar-refractivity contribution is -0.135. The number of ether oxygens (including phenoxy) is 1. The fraction of sp³-hybridized carbons (Fsp3) is 0.600. The topological polar surface area (TPSA) is 48.9 Å². The first-order chi connectivity index (χ1) is 17.6. The summed E-state index contributed by atoms with van der Waals surface area (Å²) in [6, 6.07) is 12.7. The minimum atomic E-state index is 0.243. The van der Waals surface area contributed by atoms with Crippen molar-refractivity contribution in [3.05, 3.63) is 59.9 Å². The number of benzene rings is 1. The Morgan fingerprint density at radius 2 is 1.83 bits per heavy atom. The normalized spacial score (nSPS) is 19.2. The van der Waals surface area contributed by atoms with Crippen LogP contribution in [0.5, 0.6) is 5.75 Å². The number of fused-ring (bicyclic) bond motifs is 1. The molecule has 1 aromatic heterocycles. The highest BCUT2D eigenvalue weighted by molar-refractivity contribution is 5.78. The van der Waals surface area contributed by atoms with E-state index in [4.69, 9.17) is 4.74 Å². The van der Waals surface area contributed by atoms with E-state index in [-0.39, 0.29) is 5.41 Å². The zero-order chi connectivity index (χ0) is 25.2. The van der Waals surface area contributed by atoms with Crippen molar-refractivity contribution in [3.63, 3.8) is 0 Å². The molecule has 0 bridgehead atoms. The molecule has 1 spiro atoms. The summed E-state index contributed by atoms with van der Waals surface area (Å²) in [6.45, 7) is 11.9. The molecule has 6 heteroatoms. The van der Waals surface area contributed by atoms with Gasteiger partial charge in [0.1, 0.15) is 12.4 Å². The summed E-state index contributed by atoms with van der Waals surface area (Å²) in [6.07, 6.45) is 10.7. The number of carbonyl (C=O) groups excluding carboxylic acids is 1. The van der Waals surface area contributed by atoms with Gasteiger partial charge in [-0.05, 0) is 73.9 Å². The van der Waals surface area contributed by atoms with Crippen molar-refractivity contribution in [2.45, 2.75) is 58.9 Å². The highest BCUT2D eigenvalue weighted by Gasteiger charge is 2.37. The van der Waals surface area contributed by atoms with Crippen LogP contribution in [-0.2, 0) is 17.8 Å². The van der Waals surface area contributed by atoms with E-state index in [9.17, 15) is 4.79 Å². The van der Waals surface area contributed by atoms with Gasteiger partial charge in [0.25, 0.3) is 0 Å². The molecule has 1 saturated heterocycles. The molecule has 1 amide bonds. The Bertz CT molecular complexity index is 939. The Kier molecular flexibility index (Phi) is 9.76. The van der Waals surface area contributed by atoms with Crippen molar-refractivity contribution in [1.82, 2.24) is 19.7 Å². The number of nitrogens with zero attached hydrogens (tertiary/aromatic N) is 4. The number of aromatic nitrogens is 1. The van der Waals surface area contributed by atoms with Crippen LogP contribution in [0.25, 0.3) is 0 Å². The number of piperidine rings is 1. The van der Waals surface area contributed by atoms with Crippen LogP contribution in [0.4, 0.5) is 0 Å². The van der Waals surface area contributed by atoms with Crippen LogP contribution in [0.1, 0.15) is 57.1 Å². The van der Waals surface area contributed by atoms with Gasteiger partial charge >= 0.3 is 0 Å². The quantitative estimate of drug-likeness (QED) is 0.588. The summed E-state index contributed by atoms with van der Waals surface area (Å²) < 4.78 is 6.30. The van der Waals surface area contributed by atoms with E-state index in [2.05, 4.69) is 63.9 Å². The van der Waals surface area contributed by atoms with Gasteiger partial charge in [0, 0.05) is 45.1 Å². The highest BCUT2D eigenvalue weighted by Crippen LogP contribution is 2.38. The van der Waals surface area contributed by atoms with E-state index in [1.165, 1.54) is 30.4 Å². The first-order valence-corrected chi connectivity index (χ1v) is 13.9. The van der Waals surface area contributed by atoms with Gasteiger partial charge in [-0.2, -0.15) is 0 Å². The monoisotopic (exact) mass is 492 g/mol. The van der Waals surface area contributed by atoms with Crippen molar-refractivity contribution in [2.24, 2.45) is 5.41 Å². The molecule has 1 aromatic carbocycles. The molecule has 36 heavy (non-hydrogen) atoms. The van der Waals surface area contributed by atoms with Gasteiger partial charge in [-0.25, -0.2) is 0 Å². The van der Waals surface area contributed by atoms with Crippen LogP contribution in [0.15, 0.2) is 48.8 Å². The molecule has 4 rings (SSSR count). The number of hydrogen-bond donors (Lipinski definition) is 0. The fourth-order valence-electron chi connectivity index (χ4n) is 5.85. The van der Waals surface area contributed by atoms with Crippen molar-refractivity contribution >= 4 is 5.91 Å². The summed E-state index contributed by atoms with van der Waals surface area (Å²) in [5.74, 6) is 1.33. The number of pyridine rings is 1. The summed E-state index contributed by atoms with van der Waals surface area (Å²) in [5, 5.41) is 0. The van der Waals surface area contributed by atoms with E-state index in [0.29, 0.717) is 19.1 Å². The van der Waals surface area contributed by atoms with Crippen molar-refractivity contribution in [2.75, 3.05) is 52.4 Å². The van der Waals surface area contributed by atoms with Gasteiger partial charge < -0.3 is 9.64 Å². The van der Waals surface area contributed by atoms with Crippen LogP contribution in [-0.4, -0.2) is 78.0 Å². The van der Waals surface area contributed by atoms with Gasteiger partial charge in [-0.3, -0.25) is 19.6 Å². The first-order valence-electron chi connectivity index (χ1n) is 13.9. The largest absolute Gasteiger partial charge is 0.492 e. The molecule has 0 N–H and O–H groups in total. The second-order valence-electron chi connectivity index (χ2n) is 10.6. The van der Waals surface area contributed by atoms with Crippen LogP contribution in [0.2, 0.25) is 0 Å². The highest BCUT2D eigenvalue weighted by atomic mass is 16.5. The molecule has 0 saturated carbocycles. The summed E-state index contributed by atoms with van der Waals surface area (Å²) in [7, 11) is 0. The fourth-order valence-corrected chi connectivity index (χ4v) is 5.85. The number of aryl methyl sites for hydroxylation is 1. The van der Waals surface area contributed by atoms with Crippen molar-refractivity contribution in [3.8, 4) is 5.75 Å². The maximum Gasteiger partial charge on any atom is 0.236 e. The minimum Gasteiger partial charge on any atom is -0.492 e. The lowest BCUT2D eigenvalue weighted by Crippen LogP contribution is -2.50. The van der Waals surface area contributed by atoms with Gasteiger partial charge in [0.05, 0.1) is 6.54 Å². The predicted octanol–water partition coefficient (Wildman–Crippen LogP) is 4.64. The van der Waals surface area contributed by atoms with E-state index >= 15 is 0 Å². The Balaban J connectivity index is 1.47. The zero-order valence-corrected chi connectivity index (χ0v) is 22.3. The van der Waals surface area contributed by atoms with Crippen LogP contribution in [0, 0.1) is 5.41 Å². The van der Waals surface area contributed by atoms with E-state index in [1.807, 2.05) is 18.5 Å². The molecule has 0 atom stereocenters. The summed E-state index contributed by atoms with van der Waals surface area (Å²) in [5.41, 5.74) is 2.81. The molecule has 2 aliphatic rings. The van der Waals surface area contributed by atoms with Gasteiger partial charge in [0.15, 0.2) is 0 Å². The minimum absolute atomic E-state index is 0.243. The van der Waals surface area contributed by atoms with Gasteiger partial charge in [-0.15, -0.1) is 0 Å². The lowest BCUT2D eigenvalue weighted by atomic mass is 9.73. The number of hydrogen-bond acceptors (Lipinski definition) is 5. The summed E-state index contributed by atoms with van der Waals surface area (Å²) >= 11 is 0. The molecule has 6 nitrogen and oxygen atoms in total. The number of carbonyl (C=O) groups is 1. The maximum atomic E-state index is 13.0. The van der Waals surface area contributed by atoms with Crippen molar-refractivity contribution in [1.29, 1.82) is 0 Å². The zero-order valence-electron chi connectivity index (χ0n) is 22.3. The van der Waals surface area contributed by atoms with Crippen molar-refractivity contribution < 1.29 is 9.53 Å². The standard InChI is InChI=1S/C30H44N4O2/c1-3-32(4-2)24-29(35)34-18-15-30(16-19-34)14-8-7-12-27-11-5-6-13-28(27)36-21-20-33(25-30)23-26-10-9-17-31-22-26/h5-6,9-11,13,17,22H,3-4,7-8,12,14-16,18-21,23-25H2,1-2H3. The average Bonchev–Trinajstić information content (AvgIpc) is 2.90. The number of likely N-dealkylation sites (N-methyl/N-ethyl adjacent to an activating group) is 1. The average molecular weight is 493 g/mol. The Morgan fingerprint density at radius 3 is 2.58 bits per heavy atom. The molecule has 0 radical (unpaired) electrons. The van der Waals surface area contributed by atoms with E-state index in [0.717, 1.165) is 70.8 Å². The van der Waals surface area contributed by atoms with E-state index in [1.54, 1.807) is 0 Å². The van der Waals surface area contributed by atoms with Crippen LogP contribution < -0.4 is 4.74 Å². The molecule has 2 aliphatic heterocycles. The lowest BCUT2D eigenvalue weighted by Gasteiger charge is -2.45. The summed E-state index contributed by atoms with van der Waals surface area (Å²) in [4.78, 5) is 24.2. The molecule has 196 valence electrons. The smallest absolute Gasteiger partial charge is 0.236 e. The Hall–Kier alpha value is -2.44. The molecule has 0 aliphatic carbocycles. The van der Waals surface area contributed by atoms with Gasteiger partial charge in [-0.1, -0.05) is 44.5 Å². The number of para-hydroxylation sites is 1. The molecule has 0 unspecified atom stereocenters. The third kappa shape index (κ3) is 7.30. The molecular formula is C30H44N4O2. The maximum absolute atomic E-state index is 13.0. The van der Waals surface area contributed by atoms with Crippen LogP contribution >= 0.6 is 0 Å². The Morgan fingerprint density at radius 1 is 1.03 bits per heavy atom. The Labute approximate surface area is 217 Å². The third-order valence-corrected chi connectivity index (χ3v) is 8.16. The first kappa shape index (κ1) is 26.6. The second kappa shape index (κ2) is 13.2. The molecule has 3 heterocycles. The second-order valence-corrected chi connectivity index (χ2v) is 10.6. The SMILES string of the molecule is CCN(CC)CC(=O)N1CCC2(CCCCc3ccccc3OCCN(Cc3cccnc3)C2)CC1. The van der Waals surface area contributed by atoms with Gasteiger partial charge in [0.2, 0.25) is 5.91 Å². The number of amides is 1. The third-order valence-electron chi connectivity index (χ3n) is 8.16.